The van der Waals surface area contributed by atoms with Crippen LogP contribution >= 0.6 is 12.2 Å². The van der Waals surface area contributed by atoms with E-state index in [-0.39, 0.29) is 23.4 Å². The molecule has 0 bridgehead atoms. The minimum atomic E-state index is -1.03. The molecule has 25 heavy (non-hydrogen) atoms. The van der Waals surface area contributed by atoms with E-state index < -0.39 is 17.4 Å². The van der Waals surface area contributed by atoms with Gasteiger partial charge in [0, 0.05) is 12.1 Å². The summed E-state index contributed by atoms with van der Waals surface area (Å²) in [7, 11) is 0. The van der Waals surface area contributed by atoms with Gasteiger partial charge in [0.1, 0.15) is 5.76 Å². The summed E-state index contributed by atoms with van der Waals surface area (Å²) in [6.07, 6.45) is 1.92. The minimum Gasteiger partial charge on any atom is -0.506 e. The van der Waals surface area contributed by atoms with Crippen molar-refractivity contribution in [1.29, 1.82) is 10.5 Å². The Morgan fingerprint density at radius 2 is 1.96 bits per heavy atom. The number of aliphatic imine (C=N–C) groups is 1. The van der Waals surface area contributed by atoms with Crippen molar-refractivity contribution in [1.82, 2.24) is 5.32 Å². The first-order chi connectivity index (χ1) is 12.0. The Morgan fingerprint density at radius 3 is 2.48 bits per heavy atom. The van der Waals surface area contributed by atoms with Gasteiger partial charge in [0.2, 0.25) is 6.19 Å². The van der Waals surface area contributed by atoms with Crippen molar-refractivity contribution in [2.75, 3.05) is 6.54 Å². The topological polar surface area (TPSA) is 126 Å². The number of aliphatic hydroxyl groups excluding tert-OH is 1. The molecule has 1 aromatic carbocycles. The number of rotatable bonds is 7. The second-order valence-corrected chi connectivity index (χ2v) is 5.08. The predicted molar refractivity (Wildman–Crippen MR) is 95.7 cm³/mol. The van der Waals surface area contributed by atoms with Crippen molar-refractivity contribution in [2.45, 2.75) is 13.3 Å². The SMILES string of the molecule is CC(=NC#N)/C(C(=O)C(=O)NCCC=S)=C(/O)c1ccc(C#N)cc1. The summed E-state index contributed by atoms with van der Waals surface area (Å²) in [4.78, 5) is 27.8. The summed E-state index contributed by atoms with van der Waals surface area (Å²) in [5.41, 5.74) is 0.0942. The molecule has 1 aromatic rings. The molecule has 0 atom stereocenters. The highest BCUT2D eigenvalue weighted by atomic mass is 32.1. The normalized spacial score (nSPS) is 11.6. The number of thiocarbonyl (C=S) groups is 1. The van der Waals surface area contributed by atoms with E-state index in [9.17, 15) is 14.7 Å². The molecular formula is C17H14N4O3S. The van der Waals surface area contributed by atoms with Gasteiger partial charge in [-0.15, -0.1) is 0 Å². The summed E-state index contributed by atoms with van der Waals surface area (Å²) < 4.78 is 0. The molecule has 0 aliphatic carbocycles. The van der Waals surface area contributed by atoms with E-state index in [0.29, 0.717) is 12.0 Å². The lowest BCUT2D eigenvalue weighted by atomic mass is 9.99. The van der Waals surface area contributed by atoms with E-state index in [1.165, 1.54) is 42.7 Å². The number of carbonyl (C=O) groups excluding carboxylic acids is 2. The van der Waals surface area contributed by atoms with E-state index in [1.807, 2.05) is 6.07 Å². The predicted octanol–water partition coefficient (Wildman–Crippen LogP) is 1.84. The largest absolute Gasteiger partial charge is 0.506 e. The number of nitrogens with zero attached hydrogens (tertiary/aromatic N) is 3. The minimum absolute atomic E-state index is 0.0978. The van der Waals surface area contributed by atoms with E-state index in [1.54, 1.807) is 0 Å². The monoisotopic (exact) mass is 354 g/mol. The van der Waals surface area contributed by atoms with Crippen LogP contribution in [0.5, 0.6) is 0 Å². The van der Waals surface area contributed by atoms with Crippen LogP contribution in [0.2, 0.25) is 0 Å². The Hall–Kier alpha value is -3.36. The number of carbonyl (C=O) groups is 2. The first kappa shape index (κ1) is 19.7. The smallest absolute Gasteiger partial charge is 0.292 e. The molecule has 0 saturated carbocycles. The maximum Gasteiger partial charge on any atom is 0.292 e. The Labute approximate surface area is 149 Å². The molecule has 0 unspecified atom stereocenters. The third-order valence-corrected chi connectivity index (χ3v) is 3.32. The van der Waals surface area contributed by atoms with E-state index in [4.69, 9.17) is 10.5 Å². The Kier molecular flexibility index (Phi) is 7.64. The van der Waals surface area contributed by atoms with Crippen LogP contribution in [0.15, 0.2) is 34.8 Å². The second kappa shape index (κ2) is 9.71. The summed E-state index contributed by atoms with van der Waals surface area (Å²) in [5.74, 6) is -2.47. The number of hydrogen-bond acceptors (Lipinski definition) is 7. The summed E-state index contributed by atoms with van der Waals surface area (Å²) in [6, 6.07) is 7.67. The third-order valence-electron chi connectivity index (χ3n) is 3.08. The van der Waals surface area contributed by atoms with Crippen LogP contribution in [0.3, 0.4) is 0 Å². The van der Waals surface area contributed by atoms with Crippen LogP contribution in [0, 0.1) is 22.8 Å². The summed E-state index contributed by atoms with van der Waals surface area (Å²) >= 11 is 4.63. The van der Waals surface area contributed by atoms with Crippen molar-refractivity contribution in [3.05, 3.63) is 41.0 Å². The highest BCUT2D eigenvalue weighted by molar-refractivity contribution is 7.78. The second-order valence-electron chi connectivity index (χ2n) is 4.75. The molecule has 8 heteroatoms. The molecule has 7 nitrogen and oxygen atoms in total. The Bertz CT molecular complexity index is 827. The molecule has 0 spiro atoms. The van der Waals surface area contributed by atoms with Gasteiger partial charge in [0.25, 0.3) is 11.7 Å². The Morgan fingerprint density at radius 1 is 1.32 bits per heavy atom. The van der Waals surface area contributed by atoms with Gasteiger partial charge in [0.15, 0.2) is 0 Å². The number of benzene rings is 1. The molecule has 126 valence electrons. The van der Waals surface area contributed by atoms with Crippen molar-refractivity contribution >= 4 is 40.7 Å². The quantitative estimate of drug-likeness (QED) is 0.146. The van der Waals surface area contributed by atoms with Crippen LogP contribution in [0.25, 0.3) is 5.76 Å². The van der Waals surface area contributed by atoms with Crippen molar-refractivity contribution in [2.24, 2.45) is 4.99 Å². The van der Waals surface area contributed by atoms with Crippen LogP contribution in [-0.2, 0) is 9.59 Å². The van der Waals surface area contributed by atoms with E-state index >= 15 is 0 Å². The molecule has 1 amide bonds. The lowest BCUT2D eigenvalue weighted by Crippen LogP contribution is -2.34. The fourth-order valence-corrected chi connectivity index (χ4v) is 1.98. The molecule has 1 rings (SSSR count). The van der Waals surface area contributed by atoms with Crippen LogP contribution in [-0.4, -0.2) is 34.4 Å². The zero-order valence-electron chi connectivity index (χ0n) is 13.3. The van der Waals surface area contributed by atoms with Crippen molar-refractivity contribution in [3.8, 4) is 12.3 Å². The highest BCUT2D eigenvalue weighted by Crippen LogP contribution is 2.19. The van der Waals surface area contributed by atoms with Crippen LogP contribution < -0.4 is 5.32 Å². The zero-order valence-corrected chi connectivity index (χ0v) is 14.1. The summed E-state index contributed by atoms with van der Waals surface area (Å²) in [5, 5.41) is 31.7. The maximum absolute atomic E-state index is 12.4. The molecule has 0 radical (unpaired) electrons. The first-order valence-corrected chi connectivity index (χ1v) is 7.57. The standard InChI is InChI=1S/C17H14N4O3S/c1-11(21-10-19)14(16(23)17(24)20-7-2-8-25)15(22)13-5-3-12(9-18)4-6-13/h3-6,8,22H,2,7H2,1H3,(H,20,24)/b15-14-,21-11?. The number of hydrogen-bond donors (Lipinski definition) is 2. The van der Waals surface area contributed by atoms with Crippen LogP contribution in [0.1, 0.15) is 24.5 Å². The lowest BCUT2D eigenvalue weighted by molar-refractivity contribution is -0.135. The molecule has 0 aromatic heterocycles. The van der Waals surface area contributed by atoms with E-state index in [0.717, 1.165) is 0 Å². The Balaban J connectivity index is 3.31. The van der Waals surface area contributed by atoms with Crippen molar-refractivity contribution in [3.63, 3.8) is 0 Å². The molecule has 0 heterocycles. The number of aliphatic hydroxyl groups is 1. The third kappa shape index (κ3) is 5.34. The number of ketones is 1. The molecule has 2 N–H and O–H groups in total. The van der Waals surface area contributed by atoms with Gasteiger partial charge in [-0.1, -0.05) is 12.2 Å². The van der Waals surface area contributed by atoms with E-state index in [2.05, 4.69) is 22.5 Å². The van der Waals surface area contributed by atoms with Gasteiger partial charge < -0.3 is 10.4 Å². The lowest BCUT2D eigenvalue weighted by Gasteiger charge is -2.10. The van der Waals surface area contributed by atoms with Gasteiger partial charge >= 0.3 is 0 Å². The number of amides is 1. The number of nitriles is 2. The molecule has 0 fully saturated rings. The van der Waals surface area contributed by atoms with Gasteiger partial charge in [-0.2, -0.15) is 15.5 Å². The fraction of sp³-hybridized carbons (Fsp3) is 0.176. The van der Waals surface area contributed by atoms with Crippen LogP contribution in [0.4, 0.5) is 0 Å². The average Bonchev–Trinajstić information content (AvgIpc) is 2.62. The highest BCUT2D eigenvalue weighted by Gasteiger charge is 2.25. The molecule has 0 aliphatic rings. The van der Waals surface area contributed by atoms with Gasteiger partial charge in [-0.05, 0) is 43.0 Å². The van der Waals surface area contributed by atoms with Crippen molar-refractivity contribution < 1.29 is 14.7 Å². The first-order valence-electron chi connectivity index (χ1n) is 7.10. The molecular weight excluding hydrogens is 340 g/mol. The van der Waals surface area contributed by atoms with Gasteiger partial charge in [-0.3, -0.25) is 9.59 Å². The average molecular weight is 354 g/mol. The molecule has 0 aliphatic heterocycles. The zero-order chi connectivity index (χ0) is 18.8. The number of Topliss-reactive ketones (excluding diaryl/α,β-unsaturated/α-hetero) is 1. The van der Waals surface area contributed by atoms with Gasteiger partial charge in [0.05, 0.1) is 22.9 Å². The maximum atomic E-state index is 12.4. The fourth-order valence-electron chi connectivity index (χ4n) is 1.86. The number of nitrogens with one attached hydrogen (secondary N) is 1. The van der Waals surface area contributed by atoms with Gasteiger partial charge in [-0.25, -0.2) is 0 Å². The summed E-state index contributed by atoms with van der Waals surface area (Å²) in [6.45, 7) is 1.51. The molecule has 0 saturated heterocycles.